The van der Waals surface area contributed by atoms with E-state index >= 15 is 0 Å². The lowest BCUT2D eigenvalue weighted by molar-refractivity contribution is -0.121. The van der Waals surface area contributed by atoms with E-state index in [1.54, 1.807) is 12.1 Å². The topological polar surface area (TPSA) is 56.1 Å². The fourth-order valence-electron chi connectivity index (χ4n) is 3.38. The summed E-state index contributed by atoms with van der Waals surface area (Å²) < 4.78 is 0. The van der Waals surface area contributed by atoms with Crippen LogP contribution in [0.3, 0.4) is 0 Å². The molecule has 0 spiro atoms. The molecule has 4 heteroatoms. The van der Waals surface area contributed by atoms with Crippen LogP contribution >= 0.6 is 0 Å². The van der Waals surface area contributed by atoms with Crippen LogP contribution in [-0.2, 0) is 24.2 Å². The summed E-state index contributed by atoms with van der Waals surface area (Å²) in [5.74, 6) is 0.0821. The first-order valence-electron chi connectivity index (χ1n) is 9.22. The first-order chi connectivity index (χ1) is 12.7. The predicted molar refractivity (Wildman–Crippen MR) is 103 cm³/mol. The van der Waals surface area contributed by atoms with E-state index in [1.807, 2.05) is 12.1 Å². The molecule has 0 fully saturated rings. The van der Waals surface area contributed by atoms with Crippen molar-refractivity contribution in [3.63, 3.8) is 0 Å². The second-order valence-corrected chi connectivity index (χ2v) is 6.95. The van der Waals surface area contributed by atoms with Gasteiger partial charge in [0.2, 0.25) is 5.91 Å². The van der Waals surface area contributed by atoms with Crippen LogP contribution in [0.5, 0.6) is 0 Å². The first-order valence-corrected chi connectivity index (χ1v) is 9.22. The van der Waals surface area contributed by atoms with Crippen molar-refractivity contribution in [3.05, 3.63) is 70.8 Å². The number of fused-ring (bicyclic) bond motifs is 1. The Labute approximate surface area is 155 Å². The van der Waals surface area contributed by atoms with Crippen molar-refractivity contribution in [3.8, 4) is 6.07 Å². The molecule has 0 saturated carbocycles. The minimum absolute atomic E-state index is 0.0821. The number of rotatable bonds is 6. The van der Waals surface area contributed by atoms with Crippen molar-refractivity contribution in [2.45, 2.75) is 38.8 Å². The number of amides is 1. The lowest BCUT2D eigenvalue weighted by atomic mass is 9.99. The molecule has 1 unspecified atom stereocenters. The third-order valence-electron chi connectivity index (χ3n) is 5.10. The summed E-state index contributed by atoms with van der Waals surface area (Å²) in [6.45, 7) is 4.85. The average Bonchev–Trinajstić information content (AvgIpc) is 2.70. The molecule has 1 N–H and O–H groups in total. The van der Waals surface area contributed by atoms with Crippen molar-refractivity contribution < 1.29 is 4.79 Å². The molecule has 0 radical (unpaired) electrons. The first kappa shape index (κ1) is 18.2. The van der Waals surface area contributed by atoms with Gasteiger partial charge >= 0.3 is 0 Å². The number of nitriles is 1. The summed E-state index contributed by atoms with van der Waals surface area (Å²) in [5, 5.41) is 11.9. The molecule has 0 bridgehead atoms. The highest BCUT2D eigenvalue weighted by molar-refractivity contribution is 5.76. The van der Waals surface area contributed by atoms with Gasteiger partial charge in [0.25, 0.3) is 0 Å². The number of carbonyl (C=O) groups is 1. The van der Waals surface area contributed by atoms with E-state index < -0.39 is 0 Å². The molecule has 1 heterocycles. The van der Waals surface area contributed by atoms with E-state index in [9.17, 15) is 4.79 Å². The van der Waals surface area contributed by atoms with Crippen molar-refractivity contribution in [1.29, 1.82) is 5.26 Å². The Bertz CT molecular complexity index is 792. The Balaban J connectivity index is 1.42. The van der Waals surface area contributed by atoms with Gasteiger partial charge in [-0.2, -0.15) is 5.26 Å². The van der Waals surface area contributed by atoms with Crippen LogP contribution in [0.1, 0.15) is 35.6 Å². The Morgan fingerprint density at radius 2 is 1.92 bits per heavy atom. The van der Waals surface area contributed by atoms with E-state index in [4.69, 9.17) is 5.26 Å². The molecular formula is C22H25N3O. The van der Waals surface area contributed by atoms with E-state index in [0.717, 1.165) is 25.1 Å². The summed E-state index contributed by atoms with van der Waals surface area (Å²) in [7, 11) is 0. The number of nitrogens with zero attached hydrogens (tertiary/aromatic N) is 2. The molecule has 0 saturated heterocycles. The maximum absolute atomic E-state index is 12.1. The predicted octanol–water partition coefficient (Wildman–Crippen LogP) is 3.05. The second-order valence-electron chi connectivity index (χ2n) is 6.95. The largest absolute Gasteiger partial charge is 0.355 e. The van der Waals surface area contributed by atoms with Crippen LogP contribution in [0.15, 0.2) is 48.5 Å². The van der Waals surface area contributed by atoms with Crippen molar-refractivity contribution in [2.24, 2.45) is 0 Å². The fourth-order valence-corrected chi connectivity index (χ4v) is 3.38. The van der Waals surface area contributed by atoms with E-state index in [-0.39, 0.29) is 5.91 Å². The highest BCUT2D eigenvalue weighted by atomic mass is 16.1. The monoisotopic (exact) mass is 347 g/mol. The van der Waals surface area contributed by atoms with Gasteiger partial charge in [-0.05, 0) is 48.6 Å². The Hall–Kier alpha value is -2.64. The summed E-state index contributed by atoms with van der Waals surface area (Å²) in [4.78, 5) is 14.6. The smallest absolute Gasteiger partial charge is 0.220 e. The maximum atomic E-state index is 12.1. The highest BCUT2D eigenvalue weighted by Gasteiger charge is 2.20. The minimum atomic E-state index is 0.0821. The number of nitrogens with one attached hydrogen (secondary N) is 1. The normalized spacial score (nSPS) is 14.9. The molecule has 0 aliphatic carbocycles. The average molecular weight is 347 g/mol. The molecule has 0 aromatic heterocycles. The van der Waals surface area contributed by atoms with Crippen LogP contribution in [-0.4, -0.2) is 29.9 Å². The van der Waals surface area contributed by atoms with Gasteiger partial charge in [-0.25, -0.2) is 0 Å². The molecule has 2 aromatic rings. The zero-order valence-electron chi connectivity index (χ0n) is 15.2. The Morgan fingerprint density at radius 3 is 2.65 bits per heavy atom. The number of hydrogen-bond donors (Lipinski definition) is 1. The lowest BCUT2D eigenvalue weighted by Gasteiger charge is -2.33. The second kappa shape index (κ2) is 8.64. The van der Waals surface area contributed by atoms with Gasteiger partial charge in [-0.15, -0.1) is 0 Å². The summed E-state index contributed by atoms with van der Waals surface area (Å²) >= 11 is 0. The van der Waals surface area contributed by atoms with Gasteiger partial charge in [0.05, 0.1) is 11.6 Å². The third kappa shape index (κ3) is 4.71. The van der Waals surface area contributed by atoms with Crippen molar-refractivity contribution in [2.75, 3.05) is 13.1 Å². The summed E-state index contributed by atoms with van der Waals surface area (Å²) in [6.07, 6.45) is 2.25. The van der Waals surface area contributed by atoms with Crippen molar-refractivity contribution in [1.82, 2.24) is 10.2 Å². The van der Waals surface area contributed by atoms with Gasteiger partial charge < -0.3 is 5.32 Å². The molecule has 2 aromatic carbocycles. The van der Waals surface area contributed by atoms with Gasteiger partial charge in [-0.3, -0.25) is 9.69 Å². The zero-order valence-corrected chi connectivity index (χ0v) is 15.2. The van der Waals surface area contributed by atoms with E-state index in [0.29, 0.717) is 31.0 Å². The van der Waals surface area contributed by atoms with Gasteiger partial charge in [0.15, 0.2) is 0 Å². The zero-order chi connectivity index (χ0) is 18.4. The van der Waals surface area contributed by atoms with Crippen LogP contribution in [0.4, 0.5) is 0 Å². The lowest BCUT2D eigenvalue weighted by Crippen LogP contribution is -2.44. The summed E-state index contributed by atoms with van der Waals surface area (Å²) in [5.41, 5.74) is 4.58. The van der Waals surface area contributed by atoms with Crippen LogP contribution < -0.4 is 5.32 Å². The third-order valence-corrected chi connectivity index (χ3v) is 5.10. The Kier molecular flexibility index (Phi) is 6.04. The maximum Gasteiger partial charge on any atom is 0.220 e. The fraction of sp³-hybridized carbons (Fsp3) is 0.364. The molecule has 1 amide bonds. The molecule has 134 valence electrons. The number of carbonyl (C=O) groups excluding carboxylic acids is 1. The standard InChI is InChI=1S/C22H25N3O/c1-17(25-13-12-20-4-2-3-5-21(20)16-25)15-24-22(26)11-10-18-6-8-19(14-23)9-7-18/h2-9,17H,10-13,15-16H2,1H3,(H,24,26). The molecule has 4 nitrogen and oxygen atoms in total. The van der Waals surface area contributed by atoms with Crippen LogP contribution in [0, 0.1) is 11.3 Å². The van der Waals surface area contributed by atoms with E-state index in [1.165, 1.54) is 11.1 Å². The number of hydrogen-bond acceptors (Lipinski definition) is 3. The Morgan fingerprint density at radius 1 is 1.19 bits per heavy atom. The molecule has 1 atom stereocenters. The minimum Gasteiger partial charge on any atom is -0.355 e. The van der Waals surface area contributed by atoms with Crippen molar-refractivity contribution >= 4 is 5.91 Å². The number of benzene rings is 2. The van der Waals surface area contributed by atoms with Gasteiger partial charge in [0, 0.05) is 32.1 Å². The summed E-state index contributed by atoms with van der Waals surface area (Å²) in [6, 6.07) is 18.5. The van der Waals surface area contributed by atoms with E-state index in [2.05, 4.69) is 47.5 Å². The van der Waals surface area contributed by atoms with Crippen LogP contribution in [0.25, 0.3) is 0 Å². The molecule has 26 heavy (non-hydrogen) atoms. The van der Waals surface area contributed by atoms with Gasteiger partial charge in [-0.1, -0.05) is 36.4 Å². The molecular weight excluding hydrogens is 322 g/mol. The highest BCUT2D eigenvalue weighted by Crippen LogP contribution is 2.19. The molecule has 3 rings (SSSR count). The van der Waals surface area contributed by atoms with Gasteiger partial charge in [0.1, 0.15) is 0 Å². The molecule has 1 aliphatic rings. The quantitative estimate of drug-likeness (QED) is 0.874. The number of aryl methyl sites for hydroxylation is 1. The SMILES string of the molecule is CC(CNC(=O)CCc1ccc(C#N)cc1)N1CCc2ccccc2C1. The molecule has 1 aliphatic heterocycles. The van der Waals surface area contributed by atoms with Crippen LogP contribution in [0.2, 0.25) is 0 Å².